The number of allylic oxidation sites excluding steroid dienone is 1. The molecule has 146 valence electrons. The fraction of sp³-hybridized carbons (Fsp3) is 0.280. The molecular formula is C25H25N3O. The second-order valence-electron chi connectivity index (χ2n) is 7.91. The summed E-state index contributed by atoms with van der Waals surface area (Å²) in [7, 11) is 0. The van der Waals surface area contributed by atoms with Crippen LogP contribution in [-0.2, 0) is 6.42 Å². The lowest BCUT2D eigenvalue weighted by atomic mass is 9.73. The first-order valence-electron chi connectivity index (χ1n) is 10.3. The second kappa shape index (κ2) is 7.45. The molecular weight excluding hydrogens is 358 g/mol. The van der Waals surface area contributed by atoms with Gasteiger partial charge in [0.15, 0.2) is 0 Å². The Morgan fingerprint density at radius 2 is 2.00 bits per heavy atom. The SMILES string of the molecule is CC1=CN=C2C=C(Oc3ccccc3)C=CC23C1CCN3CCc1ccccn1. The van der Waals surface area contributed by atoms with Gasteiger partial charge in [-0.15, -0.1) is 0 Å². The minimum atomic E-state index is -0.169. The molecule has 29 heavy (non-hydrogen) atoms. The van der Waals surface area contributed by atoms with Crippen molar-refractivity contribution in [2.75, 3.05) is 13.1 Å². The van der Waals surface area contributed by atoms with Crippen LogP contribution in [0.25, 0.3) is 0 Å². The maximum absolute atomic E-state index is 6.09. The fourth-order valence-electron chi connectivity index (χ4n) is 4.82. The smallest absolute Gasteiger partial charge is 0.129 e. The number of benzene rings is 1. The first-order valence-corrected chi connectivity index (χ1v) is 10.3. The maximum atomic E-state index is 6.09. The highest BCUT2D eigenvalue weighted by Gasteiger charge is 2.52. The van der Waals surface area contributed by atoms with Crippen molar-refractivity contribution < 1.29 is 4.74 Å². The Morgan fingerprint density at radius 3 is 2.83 bits per heavy atom. The summed E-state index contributed by atoms with van der Waals surface area (Å²) in [6.07, 6.45) is 12.6. The van der Waals surface area contributed by atoms with E-state index in [1.54, 1.807) is 0 Å². The Hall–Kier alpha value is -2.98. The average Bonchev–Trinajstić information content (AvgIpc) is 3.14. The van der Waals surface area contributed by atoms with Gasteiger partial charge in [-0.25, -0.2) is 0 Å². The van der Waals surface area contributed by atoms with Crippen molar-refractivity contribution in [3.8, 4) is 5.75 Å². The van der Waals surface area contributed by atoms with Crippen LogP contribution in [0.2, 0.25) is 0 Å². The minimum Gasteiger partial charge on any atom is -0.457 e. The third-order valence-corrected chi connectivity index (χ3v) is 6.23. The molecule has 1 aromatic carbocycles. The molecule has 3 aliphatic rings. The van der Waals surface area contributed by atoms with Gasteiger partial charge < -0.3 is 4.74 Å². The molecule has 3 heterocycles. The van der Waals surface area contributed by atoms with Crippen LogP contribution in [0, 0.1) is 5.92 Å². The molecule has 0 radical (unpaired) electrons. The zero-order chi connectivity index (χ0) is 19.7. The van der Waals surface area contributed by atoms with Crippen LogP contribution in [0.15, 0.2) is 95.5 Å². The lowest BCUT2D eigenvalue weighted by molar-refractivity contribution is 0.224. The number of hydrogen-bond donors (Lipinski definition) is 0. The largest absolute Gasteiger partial charge is 0.457 e. The molecule has 1 aliphatic carbocycles. The average molecular weight is 383 g/mol. The molecule has 5 rings (SSSR count). The van der Waals surface area contributed by atoms with Gasteiger partial charge in [-0.05, 0) is 49.3 Å². The van der Waals surface area contributed by atoms with E-state index in [4.69, 9.17) is 9.73 Å². The van der Waals surface area contributed by atoms with Gasteiger partial charge in [-0.3, -0.25) is 14.9 Å². The number of aliphatic imine (C=N–C) groups is 1. The van der Waals surface area contributed by atoms with Crippen LogP contribution in [-0.4, -0.2) is 34.2 Å². The molecule has 2 aromatic rings. The van der Waals surface area contributed by atoms with Crippen LogP contribution in [0.5, 0.6) is 5.75 Å². The minimum absolute atomic E-state index is 0.169. The van der Waals surface area contributed by atoms with Crippen LogP contribution < -0.4 is 4.74 Å². The summed E-state index contributed by atoms with van der Waals surface area (Å²) < 4.78 is 6.09. The number of hydrogen-bond acceptors (Lipinski definition) is 4. The van der Waals surface area contributed by atoms with Gasteiger partial charge in [-0.2, -0.15) is 0 Å². The summed E-state index contributed by atoms with van der Waals surface area (Å²) in [5.41, 5.74) is 3.41. The van der Waals surface area contributed by atoms with E-state index in [9.17, 15) is 0 Å². The third-order valence-electron chi connectivity index (χ3n) is 6.23. The predicted octanol–water partition coefficient (Wildman–Crippen LogP) is 4.58. The van der Waals surface area contributed by atoms with Crippen LogP contribution >= 0.6 is 0 Å². The monoisotopic (exact) mass is 383 g/mol. The summed E-state index contributed by atoms with van der Waals surface area (Å²) >= 11 is 0. The molecule has 1 saturated heterocycles. The molecule has 0 saturated carbocycles. The number of likely N-dealkylation sites (tertiary alicyclic amines) is 1. The van der Waals surface area contributed by atoms with E-state index in [1.165, 1.54) is 5.57 Å². The number of aromatic nitrogens is 1. The van der Waals surface area contributed by atoms with E-state index in [2.05, 4.69) is 47.2 Å². The summed E-state index contributed by atoms with van der Waals surface area (Å²) in [6, 6.07) is 16.1. The molecule has 0 N–H and O–H groups in total. The van der Waals surface area contributed by atoms with Gasteiger partial charge in [0.2, 0.25) is 0 Å². The number of para-hydroxylation sites is 1. The van der Waals surface area contributed by atoms with Crippen molar-refractivity contribution in [2.24, 2.45) is 10.9 Å². The van der Waals surface area contributed by atoms with E-state index in [1.807, 2.05) is 48.8 Å². The van der Waals surface area contributed by atoms with Crippen LogP contribution in [0.4, 0.5) is 0 Å². The number of nitrogens with zero attached hydrogens (tertiary/aromatic N) is 3. The topological polar surface area (TPSA) is 37.7 Å². The molecule has 2 atom stereocenters. The van der Waals surface area contributed by atoms with E-state index in [0.717, 1.165) is 48.8 Å². The Labute approximate surface area is 171 Å². The highest BCUT2D eigenvalue weighted by Crippen LogP contribution is 2.46. The van der Waals surface area contributed by atoms with Gasteiger partial charge in [-0.1, -0.05) is 30.3 Å². The van der Waals surface area contributed by atoms with Gasteiger partial charge in [0.05, 0.1) is 11.3 Å². The van der Waals surface area contributed by atoms with Crippen LogP contribution in [0.1, 0.15) is 19.0 Å². The molecule has 1 spiro atoms. The highest BCUT2D eigenvalue weighted by atomic mass is 16.5. The predicted molar refractivity (Wildman–Crippen MR) is 116 cm³/mol. The summed E-state index contributed by atoms with van der Waals surface area (Å²) in [5.74, 6) is 2.14. The standard InChI is InChI=1S/C25H25N3O/c1-19-18-27-24-17-22(29-21-8-3-2-4-9-21)10-13-25(24)23(19)12-16-28(25)15-11-20-7-5-6-14-26-20/h2-10,13-14,17-18,23H,11-12,15-16H2,1H3. The van der Waals surface area contributed by atoms with E-state index in [-0.39, 0.29) is 5.54 Å². The van der Waals surface area contributed by atoms with Gasteiger partial charge in [0.1, 0.15) is 11.5 Å². The molecule has 0 bridgehead atoms. The zero-order valence-corrected chi connectivity index (χ0v) is 16.7. The molecule has 4 heteroatoms. The van der Waals surface area contributed by atoms with Crippen molar-refractivity contribution in [1.82, 2.24) is 9.88 Å². The maximum Gasteiger partial charge on any atom is 0.129 e. The quantitative estimate of drug-likeness (QED) is 0.759. The molecule has 2 aliphatic heterocycles. The second-order valence-corrected chi connectivity index (χ2v) is 7.91. The van der Waals surface area contributed by atoms with Crippen molar-refractivity contribution in [3.63, 3.8) is 0 Å². The lowest BCUT2D eigenvalue weighted by Crippen LogP contribution is -2.55. The summed E-state index contributed by atoms with van der Waals surface area (Å²) in [5, 5.41) is 0. The Morgan fingerprint density at radius 1 is 1.14 bits per heavy atom. The number of ether oxygens (including phenoxy) is 1. The number of pyridine rings is 1. The third kappa shape index (κ3) is 3.23. The summed E-state index contributed by atoms with van der Waals surface area (Å²) in [6.45, 7) is 4.24. The Balaban J connectivity index is 1.42. The van der Waals surface area contributed by atoms with Crippen molar-refractivity contribution in [3.05, 3.63) is 96.2 Å². The first kappa shape index (κ1) is 18.1. The zero-order valence-electron chi connectivity index (χ0n) is 16.7. The van der Waals surface area contributed by atoms with Crippen molar-refractivity contribution in [1.29, 1.82) is 0 Å². The Bertz CT molecular complexity index is 1010. The molecule has 4 nitrogen and oxygen atoms in total. The van der Waals surface area contributed by atoms with Crippen LogP contribution in [0.3, 0.4) is 0 Å². The molecule has 1 fully saturated rings. The highest BCUT2D eigenvalue weighted by molar-refractivity contribution is 6.07. The van der Waals surface area contributed by atoms with Gasteiger partial charge >= 0.3 is 0 Å². The Kier molecular flexibility index (Phi) is 4.64. The van der Waals surface area contributed by atoms with E-state index in [0.29, 0.717) is 5.92 Å². The van der Waals surface area contributed by atoms with Crippen molar-refractivity contribution >= 4 is 5.71 Å². The molecule has 1 aromatic heterocycles. The first-order chi connectivity index (χ1) is 14.3. The van der Waals surface area contributed by atoms with Crippen molar-refractivity contribution in [2.45, 2.75) is 25.3 Å². The van der Waals surface area contributed by atoms with E-state index < -0.39 is 0 Å². The van der Waals surface area contributed by atoms with E-state index >= 15 is 0 Å². The molecule has 2 unspecified atom stereocenters. The number of rotatable bonds is 5. The summed E-state index contributed by atoms with van der Waals surface area (Å²) in [4.78, 5) is 11.9. The van der Waals surface area contributed by atoms with Gasteiger partial charge in [0.25, 0.3) is 0 Å². The van der Waals surface area contributed by atoms with Gasteiger partial charge in [0, 0.05) is 49.6 Å². The normalized spacial score (nSPS) is 25.6. The molecule has 0 amide bonds. The fourth-order valence-corrected chi connectivity index (χ4v) is 4.82. The lowest BCUT2D eigenvalue weighted by Gasteiger charge is -2.44.